The lowest BCUT2D eigenvalue weighted by Crippen LogP contribution is -2.07. The van der Waals surface area contributed by atoms with Crippen molar-refractivity contribution in [2.24, 2.45) is 0 Å². The van der Waals surface area contributed by atoms with Crippen LogP contribution >= 0.6 is 0 Å². The zero-order chi connectivity index (χ0) is 13.1. The van der Waals surface area contributed by atoms with E-state index in [0.717, 1.165) is 24.1 Å². The van der Waals surface area contributed by atoms with Gasteiger partial charge in [-0.05, 0) is 24.1 Å². The van der Waals surface area contributed by atoms with E-state index in [0.29, 0.717) is 0 Å². The number of ketones is 1. The van der Waals surface area contributed by atoms with E-state index in [1.54, 1.807) is 24.3 Å². The molecule has 0 atom stereocenters. The molecule has 2 aromatic carbocycles. The van der Waals surface area contributed by atoms with E-state index in [4.69, 9.17) is 0 Å². The Balaban J connectivity index is 2.41. The third-order valence-electron chi connectivity index (χ3n) is 2.81. The molecule has 0 aliphatic heterocycles. The Hall–Kier alpha value is -2.03. The van der Waals surface area contributed by atoms with Crippen LogP contribution in [0.2, 0.25) is 0 Å². The first kappa shape index (κ1) is 12.4. The molecule has 2 aromatic rings. The van der Waals surface area contributed by atoms with Crippen LogP contribution in [0.15, 0.2) is 42.5 Å². The summed E-state index contributed by atoms with van der Waals surface area (Å²) in [5.74, 6) is -2.30. The SMILES string of the molecule is CCc1ccc(C(=O)c2c(F)cccc2F)cc1. The van der Waals surface area contributed by atoms with Gasteiger partial charge in [0.05, 0.1) is 5.56 Å². The lowest BCUT2D eigenvalue weighted by Gasteiger charge is -2.05. The van der Waals surface area contributed by atoms with Gasteiger partial charge in [-0.3, -0.25) is 4.79 Å². The zero-order valence-corrected chi connectivity index (χ0v) is 9.91. The maximum atomic E-state index is 13.5. The number of aryl methyl sites for hydroxylation is 1. The highest BCUT2D eigenvalue weighted by Gasteiger charge is 2.18. The fraction of sp³-hybridized carbons (Fsp3) is 0.133. The van der Waals surface area contributed by atoms with Gasteiger partial charge in [-0.15, -0.1) is 0 Å². The standard InChI is InChI=1S/C15H12F2O/c1-2-10-6-8-11(9-7-10)15(18)14-12(16)4-3-5-13(14)17/h3-9H,2H2,1H3. The van der Waals surface area contributed by atoms with Crippen molar-refractivity contribution < 1.29 is 13.6 Å². The minimum Gasteiger partial charge on any atom is -0.288 e. The summed E-state index contributed by atoms with van der Waals surface area (Å²) in [5.41, 5.74) is 0.860. The lowest BCUT2D eigenvalue weighted by molar-refractivity contribution is 0.103. The Morgan fingerprint density at radius 3 is 2.06 bits per heavy atom. The molecule has 0 amide bonds. The number of hydrogen-bond acceptors (Lipinski definition) is 1. The monoisotopic (exact) mass is 246 g/mol. The molecule has 0 aromatic heterocycles. The molecular weight excluding hydrogens is 234 g/mol. The first-order chi connectivity index (χ1) is 8.63. The van der Waals surface area contributed by atoms with Gasteiger partial charge in [0.2, 0.25) is 0 Å². The molecule has 3 heteroatoms. The van der Waals surface area contributed by atoms with E-state index >= 15 is 0 Å². The molecule has 0 heterocycles. The van der Waals surface area contributed by atoms with Crippen molar-refractivity contribution in [3.8, 4) is 0 Å². The van der Waals surface area contributed by atoms with Crippen LogP contribution < -0.4 is 0 Å². The molecule has 0 saturated carbocycles. The molecular formula is C15H12F2O. The summed E-state index contributed by atoms with van der Waals surface area (Å²) in [6.07, 6.45) is 0.850. The van der Waals surface area contributed by atoms with Gasteiger partial charge in [-0.25, -0.2) is 8.78 Å². The number of benzene rings is 2. The Kier molecular flexibility index (Phi) is 3.51. The first-order valence-corrected chi connectivity index (χ1v) is 5.71. The predicted molar refractivity (Wildman–Crippen MR) is 65.6 cm³/mol. The minimum absolute atomic E-state index is 0.288. The summed E-state index contributed by atoms with van der Waals surface area (Å²) < 4.78 is 26.9. The Morgan fingerprint density at radius 1 is 1.00 bits per heavy atom. The van der Waals surface area contributed by atoms with E-state index in [2.05, 4.69) is 0 Å². The highest BCUT2D eigenvalue weighted by molar-refractivity contribution is 6.09. The van der Waals surface area contributed by atoms with Crippen molar-refractivity contribution in [2.75, 3.05) is 0 Å². The summed E-state index contributed by atoms with van der Waals surface area (Å²) in [7, 11) is 0. The number of halogens is 2. The molecule has 0 unspecified atom stereocenters. The van der Waals surface area contributed by atoms with Crippen LogP contribution in [0.1, 0.15) is 28.4 Å². The number of rotatable bonds is 3. The lowest BCUT2D eigenvalue weighted by atomic mass is 10.0. The molecule has 0 bridgehead atoms. The quantitative estimate of drug-likeness (QED) is 0.754. The number of carbonyl (C=O) groups excluding carboxylic acids is 1. The van der Waals surface area contributed by atoms with Crippen molar-refractivity contribution in [3.05, 3.63) is 70.8 Å². The maximum Gasteiger partial charge on any atom is 0.198 e. The molecule has 0 spiro atoms. The minimum atomic E-state index is -0.834. The molecule has 1 nitrogen and oxygen atoms in total. The van der Waals surface area contributed by atoms with Gasteiger partial charge in [0.15, 0.2) is 5.78 Å². The van der Waals surface area contributed by atoms with E-state index in [1.165, 1.54) is 6.07 Å². The second-order valence-corrected chi connectivity index (χ2v) is 3.98. The molecule has 18 heavy (non-hydrogen) atoms. The number of carbonyl (C=O) groups is 1. The molecule has 0 saturated heterocycles. The predicted octanol–water partition coefficient (Wildman–Crippen LogP) is 3.76. The van der Waals surface area contributed by atoms with Crippen LogP contribution in [0.4, 0.5) is 8.78 Å². The highest BCUT2D eigenvalue weighted by Crippen LogP contribution is 2.17. The molecule has 2 rings (SSSR count). The number of hydrogen-bond donors (Lipinski definition) is 0. The fourth-order valence-electron chi connectivity index (χ4n) is 1.75. The van der Waals surface area contributed by atoms with Gasteiger partial charge < -0.3 is 0 Å². The molecule has 0 radical (unpaired) electrons. The van der Waals surface area contributed by atoms with Crippen molar-refractivity contribution >= 4 is 5.78 Å². The van der Waals surface area contributed by atoms with Gasteiger partial charge >= 0.3 is 0 Å². The van der Waals surface area contributed by atoms with Gasteiger partial charge in [0, 0.05) is 5.56 Å². The van der Waals surface area contributed by atoms with E-state index < -0.39 is 23.0 Å². The fourth-order valence-corrected chi connectivity index (χ4v) is 1.75. The average molecular weight is 246 g/mol. The van der Waals surface area contributed by atoms with Crippen LogP contribution in [-0.2, 0) is 6.42 Å². The Morgan fingerprint density at radius 2 is 1.56 bits per heavy atom. The normalized spacial score (nSPS) is 10.4. The van der Waals surface area contributed by atoms with E-state index in [-0.39, 0.29) is 5.56 Å². The van der Waals surface area contributed by atoms with Crippen molar-refractivity contribution in [2.45, 2.75) is 13.3 Å². The second-order valence-electron chi connectivity index (χ2n) is 3.98. The summed E-state index contributed by atoms with van der Waals surface area (Å²) in [4.78, 5) is 12.0. The zero-order valence-electron chi connectivity index (χ0n) is 9.91. The van der Waals surface area contributed by atoms with Crippen LogP contribution in [-0.4, -0.2) is 5.78 Å². The summed E-state index contributed by atoms with van der Waals surface area (Å²) in [5, 5.41) is 0. The third kappa shape index (κ3) is 2.30. The molecule has 0 N–H and O–H groups in total. The summed E-state index contributed by atoms with van der Waals surface area (Å²) in [6.45, 7) is 1.99. The smallest absolute Gasteiger partial charge is 0.198 e. The Bertz CT molecular complexity index is 553. The third-order valence-corrected chi connectivity index (χ3v) is 2.81. The summed E-state index contributed by atoms with van der Waals surface area (Å²) in [6, 6.07) is 10.1. The van der Waals surface area contributed by atoms with Gasteiger partial charge in [0.25, 0.3) is 0 Å². The second kappa shape index (κ2) is 5.08. The van der Waals surface area contributed by atoms with Crippen molar-refractivity contribution in [1.82, 2.24) is 0 Å². The van der Waals surface area contributed by atoms with E-state index in [9.17, 15) is 13.6 Å². The van der Waals surface area contributed by atoms with Crippen LogP contribution in [0, 0.1) is 11.6 Å². The largest absolute Gasteiger partial charge is 0.288 e. The van der Waals surface area contributed by atoms with Crippen LogP contribution in [0.5, 0.6) is 0 Å². The van der Waals surface area contributed by atoms with Crippen LogP contribution in [0.3, 0.4) is 0 Å². The Labute approximate surface area is 104 Å². The molecule has 0 aliphatic rings. The molecule has 0 fully saturated rings. The van der Waals surface area contributed by atoms with E-state index in [1.807, 2.05) is 6.92 Å². The van der Waals surface area contributed by atoms with Gasteiger partial charge in [-0.1, -0.05) is 37.3 Å². The maximum absolute atomic E-state index is 13.5. The van der Waals surface area contributed by atoms with Crippen molar-refractivity contribution in [3.63, 3.8) is 0 Å². The van der Waals surface area contributed by atoms with Gasteiger partial charge in [-0.2, -0.15) is 0 Å². The highest BCUT2D eigenvalue weighted by atomic mass is 19.1. The van der Waals surface area contributed by atoms with Crippen LogP contribution in [0.25, 0.3) is 0 Å². The van der Waals surface area contributed by atoms with Gasteiger partial charge in [0.1, 0.15) is 11.6 Å². The first-order valence-electron chi connectivity index (χ1n) is 5.71. The topological polar surface area (TPSA) is 17.1 Å². The average Bonchev–Trinajstić information content (AvgIpc) is 2.38. The molecule has 92 valence electrons. The molecule has 0 aliphatic carbocycles. The van der Waals surface area contributed by atoms with Crippen molar-refractivity contribution in [1.29, 1.82) is 0 Å². The summed E-state index contributed by atoms with van der Waals surface area (Å²) >= 11 is 0.